The van der Waals surface area contributed by atoms with Crippen LogP contribution in [0.3, 0.4) is 0 Å². The summed E-state index contributed by atoms with van der Waals surface area (Å²) in [7, 11) is 0. The van der Waals surface area contributed by atoms with Crippen LogP contribution in [0.1, 0.15) is 34.8 Å². The van der Waals surface area contributed by atoms with Gasteiger partial charge in [0.1, 0.15) is 5.75 Å². The highest BCUT2D eigenvalue weighted by Gasteiger charge is 2.30. The van der Waals surface area contributed by atoms with E-state index in [4.69, 9.17) is 4.74 Å². The number of fused-ring (bicyclic) bond motifs is 2. The van der Waals surface area contributed by atoms with E-state index in [1.807, 2.05) is 6.07 Å². The number of aliphatic hydroxyl groups is 1. The average Bonchev–Trinajstić information content (AvgIpc) is 3.10. The third kappa shape index (κ3) is 2.34. The first kappa shape index (κ1) is 12.9. The molecule has 1 aliphatic carbocycles. The van der Waals surface area contributed by atoms with Crippen LogP contribution in [0.15, 0.2) is 42.5 Å². The Labute approximate surface area is 125 Å². The standard InChI is InChI=1S/C19H20O2/c20-19-16(12-14-3-1-2-4-17(14)19)7-5-13-6-8-18-15(11-13)9-10-21-18/h1-4,6,8,11,16,19-20H,5,7,9-10,12H2. The van der Waals surface area contributed by atoms with Gasteiger partial charge in [-0.1, -0.05) is 36.4 Å². The number of aliphatic hydroxyl groups excluding tert-OH is 1. The zero-order valence-electron chi connectivity index (χ0n) is 12.1. The summed E-state index contributed by atoms with van der Waals surface area (Å²) in [4.78, 5) is 0. The number of aryl methyl sites for hydroxylation is 1. The van der Waals surface area contributed by atoms with Gasteiger partial charge >= 0.3 is 0 Å². The fourth-order valence-electron chi connectivity index (χ4n) is 3.66. The normalized spacial score (nSPS) is 22.7. The zero-order chi connectivity index (χ0) is 14.2. The third-order valence-corrected chi connectivity index (χ3v) is 4.86. The Balaban J connectivity index is 1.44. The molecule has 1 N–H and O–H groups in total. The van der Waals surface area contributed by atoms with E-state index >= 15 is 0 Å². The Hall–Kier alpha value is -1.80. The Morgan fingerprint density at radius 2 is 2.00 bits per heavy atom. The molecule has 21 heavy (non-hydrogen) atoms. The first-order chi connectivity index (χ1) is 10.3. The molecule has 2 nitrogen and oxygen atoms in total. The van der Waals surface area contributed by atoms with Crippen molar-refractivity contribution in [2.75, 3.05) is 6.61 Å². The summed E-state index contributed by atoms with van der Waals surface area (Å²) in [6, 6.07) is 14.8. The van der Waals surface area contributed by atoms with Crippen LogP contribution in [0.2, 0.25) is 0 Å². The van der Waals surface area contributed by atoms with E-state index in [2.05, 4.69) is 36.4 Å². The van der Waals surface area contributed by atoms with Crippen molar-refractivity contribution in [2.45, 2.75) is 31.8 Å². The molecule has 2 aliphatic rings. The number of hydrogen-bond donors (Lipinski definition) is 1. The maximum Gasteiger partial charge on any atom is 0.122 e. The smallest absolute Gasteiger partial charge is 0.122 e. The van der Waals surface area contributed by atoms with Crippen LogP contribution < -0.4 is 4.74 Å². The summed E-state index contributed by atoms with van der Waals surface area (Å²) in [6.07, 6.45) is 3.81. The number of hydrogen-bond acceptors (Lipinski definition) is 2. The molecule has 0 saturated heterocycles. The number of benzene rings is 2. The van der Waals surface area contributed by atoms with Gasteiger partial charge < -0.3 is 9.84 Å². The summed E-state index contributed by atoms with van der Waals surface area (Å²) in [6.45, 7) is 0.815. The molecular formula is C19H20O2. The molecule has 1 aliphatic heterocycles. The molecule has 0 bridgehead atoms. The van der Waals surface area contributed by atoms with Crippen molar-refractivity contribution in [1.29, 1.82) is 0 Å². The Morgan fingerprint density at radius 1 is 1.10 bits per heavy atom. The minimum Gasteiger partial charge on any atom is -0.493 e. The summed E-state index contributed by atoms with van der Waals surface area (Å²) >= 11 is 0. The van der Waals surface area contributed by atoms with E-state index in [1.54, 1.807) is 0 Å². The first-order valence-electron chi connectivity index (χ1n) is 7.82. The van der Waals surface area contributed by atoms with Crippen molar-refractivity contribution in [2.24, 2.45) is 5.92 Å². The zero-order valence-corrected chi connectivity index (χ0v) is 12.1. The van der Waals surface area contributed by atoms with Crippen LogP contribution in [0.4, 0.5) is 0 Å². The second-order valence-corrected chi connectivity index (χ2v) is 6.19. The minimum atomic E-state index is -0.293. The summed E-state index contributed by atoms with van der Waals surface area (Å²) in [5.74, 6) is 1.40. The summed E-state index contributed by atoms with van der Waals surface area (Å²) in [5, 5.41) is 10.5. The molecule has 0 fully saturated rings. The summed E-state index contributed by atoms with van der Waals surface area (Å²) < 4.78 is 5.55. The molecule has 2 aromatic carbocycles. The quantitative estimate of drug-likeness (QED) is 0.933. The summed E-state index contributed by atoms with van der Waals surface area (Å²) in [5.41, 5.74) is 5.15. The molecule has 2 heteroatoms. The van der Waals surface area contributed by atoms with Crippen molar-refractivity contribution < 1.29 is 9.84 Å². The van der Waals surface area contributed by atoms with Crippen LogP contribution in [0.25, 0.3) is 0 Å². The fourth-order valence-corrected chi connectivity index (χ4v) is 3.66. The van der Waals surface area contributed by atoms with Gasteiger partial charge in [-0.05, 0) is 53.5 Å². The van der Waals surface area contributed by atoms with Crippen molar-refractivity contribution in [1.82, 2.24) is 0 Å². The first-order valence-corrected chi connectivity index (χ1v) is 7.82. The Bertz CT molecular complexity index is 662. The van der Waals surface area contributed by atoms with E-state index in [0.717, 1.165) is 43.6 Å². The van der Waals surface area contributed by atoms with Crippen LogP contribution in [-0.4, -0.2) is 11.7 Å². The minimum absolute atomic E-state index is 0.293. The Morgan fingerprint density at radius 3 is 2.90 bits per heavy atom. The van der Waals surface area contributed by atoms with Crippen LogP contribution in [0.5, 0.6) is 5.75 Å². The van der Waals surface area contributed by atoms with E-state index in [-0.39, 0.29) is 6.10 Å². The molecule has 0 spiro atoms. The molecular weight excluding hydrogens is 260 g/mol. The van der Waals surface area contributed by atoms with Gasteiger partial charge in [0.25, 0.3) is 0 Å². The van der Waals surface area contributed by atoms with Gasteiger partial charge in [-0.15, -0.1) is 0 Å². The number of ether oxygens (including phenoxy) is 1. The lowest BCUT2D eigenvalue weighted by Crippen LogP contribution is -2.08. The van der Waals surface area contributed by atoms with Gasteiger partial charge in [0, 0.05) is 6.42 Å². The van der Waals surface area contributed by atoms with Gasteiger partial charge in [-0.25, -0.2) is 0 Å². The van der Waals surface area contributed by atoms with Crippen LogP contribution in [-0.2, 0) is 19.3 Å². The Kier molecular flexibility index (Phi) is 3.19. The van der Waals surface area contributed by atoms with Crippen molar-refractivity contribution in [3.05, 3.63) is 64.7 Å². The van der Waals surface area contributed by atoms with E-state index in [9.17, 15) is 5.11 Å². The molecule has 2 atom stereocenters. The fraction of sp³-hybridized carbons (Fsp3) is 0.368. The van der Waals surface area contributed by atoms with Crippen LogP contribution in [0, 0.1) is 5.92 Å². The maximum absolute atomic E-state index is 10.5. The van der Waals surface area contributed by atoms with Crippen molar-refractivity contribution >= 4 is 0 Å². The molecule has 1 heterocycles. The molecule has 0 saturated carbocycles. The molecule has 2 unspecified atom stereocenters. The number of rotatable bonds is 3. The molecule has 4 rings (SSSR count). The van der Waals surface area contributed by atoms with Gasteiger partial charge in [0.15, 0.2) is 0 Å². The lowest BCUT2D eigenvalue weighted by molar-refractivity contribution is 0.118. The molecule has 0 amide bonds. The highest BCUT2D eigenvalue weighted by atomic mass is 16.5. The average molecular weight is 280 g/mol. The predicted octanol–water partition coefficient (Wildman–Crippen LogP) is 3.46. The van der Waals surface area contributed by atoms with Crippen molar-refractivity contribution in [3.8, 4) is 5.75 Å². The monoisotopic (exact) mass is 280 g/mol. The largest absolute Gasteiger partial charge is 0.493 e. The van der Waals surface area contributed by atoms with E-state index in [1.165, 1.54) is 16.7 Å². The SMILES string of the molecule is OC1c2ccccc2CC1CCc1ccc2c(c1)CCO2. The molecule has 0 radical (unpaired) electrons. The molecule has 2 aromatic rings. The van der Waals surface area contributed by atoms with Gasteiger partial charge in [-0.3, -0.25) is 0 Å². The molecule has 0 aromatic heterocycles. The van der Waals surface area contributed by atoms with E-state index in [0.29, 0.717) is 5.92 Å². The highest BCUT2D eigenvalue weighted by molar-refractivity contribution is 5.40. The van der Waals surface area contributed by atoms with E-state index < -0.39 is 0 Å². The second kappa shape index (κ2) is 5.19. The van der Waals surface area contributed by atoms with Gasteiger partial charge in [0.2, 0.25) is 0 Å². The van der Waals surface area contributed by atoms with Crippen molar-refractivity contribution in [3.63, 3.8) is 0 Å². The van der Waals surface area contributed by atoms with Gasteiger partial charge in [-0.2, -0.15) is 0 Å². The molecule has 108 valence electrons. The maximum atomic E-state index is 10.5. The predicted molar refractivity (Wildman–Crippen MR) is 82.6 cm³/mol. The highest BCUT2D eigenvalue weighted by Crippen LogP contribution is 2.38. The van der Waals surface area contributed by atoms with Crippen LogP contribution >= 0.6 is 0 Å². The van der Waals surface area contributed by atoms with Gasteiger partial charge in [0.05, 0.1) is 12.7 Å². The third-order valence-electron chi connectivity index (χ3n) is 4.86. The lowest BCUT2D eigenvalue weighted by atomic mass is 9.94. The topological polar surface area (TPSA) is 29.5 Å². The second-order valence-electron chi connectivity index (χ2n) is 6.19. The lowest BCUT2D eigenvalue weighted by Gasteiger charge is -2.15.